The molecule has 2 aliphatic heterocycles. The van der Waals surface area contributed by atoms with Crippen molar-refractivity contribution in [2.45, 2.75) is 44.8 Å². The molecule has 3 heterocycles. The van der Waals surface area contributed by atoms with E-state index >= 15 is 0 Å². The fraction of sp³-hybridized carbons (Fsp3) is 0.750. The number of hydrogen-bond donors (Lipinski definition) is 2. The van der Waals surface area contributed by atoms with Crippen LogP contribution in [0.15, 0.2) is 12.3 Å². The van der Waals surface area contributed by atoms with Crippen LogP contribution in [0, 0.1) is 5.92 Å². The lowest BCUT2D eigenvalue weighted by Gasteiger charge is -2.27. The summed E-state index contributed by atoms with van der Waals surface area (Å²) in [6.45, 7) is 5.61. The van der Waals surface area contributed by atoms with Crippen molar-refractivity contribution in [1.82, 2.24) is 20.4 Å². The van der Waals surface area contributed by atoms with Crippen molar-refractivity contribution < 1.29 is 9.53 Å². The van der Waals surface area contributed by atoms with Crippen LogP contribution in [-0.2, 0) is 4.74 Å². The van der Waals surface area contributed by atoms with Gasteiger partial charge in [0.05, 0.1) is 12.1 Å². The highest BCUT2D eigenvalue weighted by Crippen LogP contribution is 2.19. The van der Waals surface area contributed by atoms with Crippen LogP contribution in [0.5, 0.6) is 0 Å². The molecule has 6 nitrogen and oxygen atoms in total. The Balaban J connectivity index is 1.50. The molecule has 122 valence electrons. The summed E-state index contributed by atoms with van der Waals surface area (Å²) >= 11 is 0. The van der Waals surface area contributed by atoms with Gasteiger partial charge in [-0.25, -0.2) is 0 Å². The normalized spacial score (nSPS) is 29.2. The summed E-state index contributed by atoms with van der Waals surface area (Å²) in [6, 6.07) is 2.18. The first kappa shape index (κ1) is 15.5. The molecule has 6 heteroatoms. The minimum absolute atomic E-state index is 0.0679. The molecule has 0 spiro atoms. The zero-order valence-corrected chi connectivity index (χ0v) is 13.3. The number of rotatable bonds is 4. The Bertz CT molecular complexity index is 496. The van der Waals surface area contributed by atoms with E-state index in [1.165, 1.54) is 0 Å². The Labute approximate surface area is 131 Å². The van der Waals surface area contributed by atoms with Crippen LogP contribution in [0.4, 0.5) is 0 Å². The van der Waals surface area contributed by atoms with E-state index in [0.29, 0.717) is 30.3 Å². The zero-order valence-electron chi connectivity index (χ0n) is 13.3. The SMILES string of the molecule is CC1CC(CNC(=O)c2ccn(C3CCCNC3)n2)CCO1. The Kier molecular flexibility index (Phi) is 5.10. The number of nitrogens with zero attached hydrogens (tertiary/aromatic N) is 2. The zero-order chi connectivity index (χ0) is 15.4. The van der Waals surface area contributed by atoms with Gasteiger partial charge < -0.3 is 15.4 Å². The third-order valence-electron chi connectivity index (χ3n) is 4.63. The molecule has 2 N–H and O–H groups in total. The minimum Gasteiger partial charge on any atom is -0.378 e. The number of aromatic nitrogens is 2. The van der Waals surface area contributed by atoms with Crippen LogP contribution >= 0.6 is 0 Å². The van der Waals surface area contributed by atoms with Gasteiger partial charge in [-0.2, -0.15) is 5.10 Å². The Hall–Kier alpha value is -1.40. The molecule has 22 heavy (non-hydrogen) atoms. The lowest BCUT2D eigenvalue weighted by molar-refractivity contribution is 0.00301. The number of carbonyl (C=O) groups excluding carboxylic acids is 1. The molecule has 1 amide bonds. The summed E-state index contributed by atoms with van der Waals surface area (Å²) in [5.41, 5.74) is 0.519. The van der Waals surface area contributed by atoms with Crippen molar-refractivity contribution in [2.24, 2.45) is 5.92 Å². The van der Waals surface area contributed by atoms with Gasteiger partial charge in [0.2, 0.25) is 0 Å². The van der Waals surface area contributed by atoms with E-state index in [-0.39, 0.29) is 5.91 Å². The first-order valence-corrected chi connectivity index (χ1v) is 8.38. The lowest BCUT2D eigenvalue weighted by Crippen LogP contribution is -2.35. The molecule has 0 bridgehead atoms. The molecule has 1 aromatic heterocycles. The highest BCUT2D eigenvalue weighted by atomic mass is 16.5. The van der Waals surface area contributed by atoms with Gasteiger partial charge in [0.15, 0.2) is 0 Å². The average molecular weight is 306 g/mol. The first-order chi connectivity index (χ1) is 10.7. The molecule has 2 saturated heterocycles. The maximum Gasteiger partial charge on any atom is 0.271 e. The average Bonchev–Trinajstić information content (AvgIpc) is 3.04. The number of piperidine rings is 1. The van der Waals surface area contributed by atoms with Gasteiger partial charge in [-0.1, -0.05) is 0 Å². The molecule has 2 aliphatic rings. The molecule has 0 aromatic carbocycles. The predicted molar refractivity (Wildman–Crippen MR) is 83.8 cm³/mol. The van der Waals surface area contributed by atoms with Crippen LogP contribution in [0.25, 0.3) is 0 Å². The van der Waals surface area contributed by atoms with Crippen LogP contribution in [0.2, 0.25) is 0 Å². The van der Waals surface area contributed by atoms with E-state index in [2.05, 4.69) is 22.7 Å². The van der Waals surface area contributed by atoms with Gasteiger partial charge in [-0.15, -0.1) is 0 Å². The number of hydrogen-bond acceptors (Lipinski definition) is 4. The molecular formula is C16H26N4O2. The highest BCUT2D eigenvalue weighted by Gasteiger charge is 2.21. The van der Waals surface area contributed by atoms with E-state index in [0.717, 1.165) is 45.4 Å². The molecule has 3 rings (SSSR count). The predicted octanol–water partition coefficient (Wildman–Crippen LogP) is 1.35. The second-order valence-corrected chi connectivity index (χ2v) is 6.46. The fourth-order valence-electron chi connectivity index (χ4n) is 3.33. The highest BCUT2D eigenvalue weighted by molar-refractivity contribution is 5.92. The lowest BCUT2D eigenvalue weighted by atomic mass is 9.96. The quantitative estimate of drug-likeness (QED) is 0.881. The second kappa shape index (κ2) is 7.24. The molecule has 2 fully saturated rings. The minimum atomic E-state index is -0.0679. The summed E-state index contributed by atoms with van der Waals surface area (Å²) in [6.07, 6.45) is 6.54. The monoisotopic (exact) mass is 306 g/mol. The number of nitrogens with one attached hydrogen (secondary N) is 2. The molecule has 0 aliphatic carbocycles. The number of carbonyl (C=O) groups is 1. The smallest absolute Gasteiger partial charge is 0.271 e. The van der Waals surface area contributed by atoms with Crippen molar-refractivity contribution in [1.29, 1.82) is 0 Å². The van der Waals surface area contributed by atoms with E-state index in [1.54, 1.807) is 0 Å². The van der Waals surface area contributed by atoms with Gasteiger partial charge in [0.1, 0.15) is 5.69 Å². The van der Waals surface area contributed by atoms with Crippen LogP contribution in [0.3, 0.4) is 0 Å². The third kappa shape index (κ3) is 3.87. The summed E-state index contributed by atoms with van der Waals surface area (Å²) < 4.78 is 7.46. The topological polar surface area (TPSA) is 68.2 Å². The molecule has 0 saturated carbocycles. The Morgan fingerprint density at radius 2 is 2.45 bits per heavy atom. The molecule has 1 aromatic rings. The summed E-state index contributed by atoms with van der Waals surface area (Å²) in [5.74, 6) is 0.444. The molecule has 3 unspecified atom stereocenters. The Morgan fingerprint density at radius 3 is 3.23 bits per heavy atom. The van der Waals surface area contributed by atoms with Crippen LogP contribution in [0.1, 0.15) is 49.1 Å². The summed E-state index contributed by atoms with van der Waals surface area (Å²) in [7, 11) is 0. The number of ether oxygens (including phenoxy) is 1. The van der Waals surface area contributed by atoms with E-state index in [9.17, 15) is 4.79 Å². The summed E-state index contributed by atoms with van der Waals surface area (Å²) in [4.78, 5) is 12.2. The van der Waals surface area contributed by atoms with E-state index < -0.39 is 0 Å². The van der Waals surface area contributed by atoms with Crippen molar-refractivity contribution in [3.8, 4) is 0 Å². The number of amides is 1. The van der Waals surface area contributed by atoms with E-state index in [1.807, 2.05) is 16.9 Å². The van der Waals surface area contributed by atoms with Crippen LogP contribution in [-0.4, -0.2) is 48.0 Å². The maximum atomic E-state index is 12.2. The molecule has 0 radical (unpaired) electrons. The van der Waals surface area contributed by atoms with Gasteiger partial charge in [-0.05, 0) is 51.1 Å². The van der Waals surface area contributed by atoms with Gasteiger partial charge in [0.25, 0.3) is 5.91 Å². The molecular weight excluding hydrogens is 280 g/mol. The van der Waals surface area contributed by atoms with Crippen LogP contribution < -0.4 is 10.6 Å². The largest absolute Gasteiger partial charge is 0.378 e. The molecule has 3 atom stereocenters. The van der Waals surface area contributed by atoms with Gasteiger partial charge in [0, 0.05) is 25.9 Å². The van der Waals surface area contributed by atoms with Gasteiger partial charge in [-0.3, -0.25) is 9.48 Å². The van der Waals surface area contributed by atoms with Crippen molar-refractivity contribution in [2.75, 3.05) is 26.2 Å². The second-order valence-electron chi connectivity index (χ2n) is 6.46. The third-order valence-corrected chi connectivity index (χ3v) is 4.63. The van der Waals surface area contributed by atoms with Gasteiger partial charge >= 0.3 is 0 Å². The van der Waals surface area contributed by atoms with Crippen molar-refractivity contribution in [3.05, 3.63) is 18.0 Å². The first-order valence-electron chi connectivity index (χ1n) is 8.38. The summed E-state index contributed by atoms with van der Waals surface area (Å²) in [5, 5.41) is 10.8. The standard InChI is InChI=1S/C16H26N4O2/c1-12-9-13(5-8-22-12)10-18-16(21)15-4-7-20(19-15)14-3-2-6-17-11-14/h4,7,12-14,17H,2-3,5-6,8-11H2,1H3,(H,18,21). The maximum absolute atomic E-state index is 12.2. The van der Waals surface area contributed by atoms with Crippen molar-refractivity contribution in [3.63, 3.8) is 0 Å². The Morgan fingerprint density at radius 1 is 1.55 bits per heavy atom. The fourth-order valence-corrected chi connectivity index (χ4v) is 3.33. The van der Waals surface area contributed by atoms with E-state index in [4.69, 9.17) is 4.74 Å². The van der Waals surface area contributed by atoms with Crippen molar-refractivity contribution >= 4 is 5.91 Å².